The van der Waals surface area contributed by atoms with E-state index in [-0.39, 0.29) is 12.6 Å². The van der Waals surface area contributed by atoms with Gasteiger partial charge in [-0.3, -0.25) is 14.3 Å². The minimum absolute atomic E-state index is 0.264. The number of ether oxygens (including phenoxy) is 1. The van der Waals surface area contributed by atoms with Crippen LogP contribution >= 0.6 is 23.2 Å². The average molecular weight is 438 g/mol. The first-order chi connectivity index (χ1) is 13.9. The number of aromatic amines is 1. The first-order valence-corrected chi connectivity index (χ1v) is 9.58. The molecule has 0 amide bonds. The molecule has 2 aromatic heterocycles. The zero-order valence-corrected chi connectivity index (χ0v) is 16.8. The molecule has 3 heterocycles. The van der Waals surface area contributed by atoms with E-state index in [1.54, 1.807) is 36.0 Å². The number of aryl methyl sites for hydroxylation is 1. The van der Waals surface area contributed by atoms with E-state index in [4.69, 9.17) is 27.9 Å². The molecular weight excluding hydrogens is 421 g/mol. The summed E-state index contributed by atoms with van der Waals surface area (Å²) in [5.74, 6) is 0. The van der Waals surface area contributed by atoms with Gasteiger partial charge in [-0.2, -0.15) is 0 Å². The van der Waals surface area contributed by atoms with Crippen LogP contribution in [0, 0.1) is 6.92 Å². The molecule has 152 valence electrons. The molecule has 0 aliphatic carbocycles. The van der Waals surface area contributed by atoms with Gasteiger partial charge >= 0.3 is 5.69 Å². The Balaban J connectivity index is 1.63. The Kier molecular flexibility index (Phi) is 5.30. The van der Waals surface area contributed by atoms with E-state index in [1.807, 2.05) is 0 Å². The Morgan fingerprint density at radius 1 is 1.28 bits per heavy atom. The summed E-state index contributed by atoms with van der Waals surface area (Å²) in [7, 11) is 0. The van der Waals surface area contributed by atoms with Gasteiger partial charge in [-0.25, -0.2) is 9.48 Å². The molecule has 0 spiro atoms. The van der Waals surface area contributed by atoms with Crippen LogP contribution in [0.15, 0.2) is 40.2 Å². The lowest BCUT2D eigenvalue weighted by molar-refractivity contribution is -0.0323. The minimum Gasteiger partial charge on any atom is -0.394 e. The van der Waals surface area contributed by atoms with E-state index in [0.717, 1.165) is 5.56 Å². The smallest absolute Gasteiger partial charge is 0.330 e. The van der Waals surface area contributed by atoms with Crippen molar-refractivity contribution in [2.45, 2.75) is 31.7 Å². The van der Waals surface area contributed by atoms with E-state index in [2.05, 4.69) is 15.3 Å². The third-order valence-corrected chi connectivity index (χ3v) is 5.64. The highest BCUT2D eigenvalue weighted by atomic mass is 35.5. The summed E-state index contributed by atoms with van der Waals surface area (Å²) in [5, 5.41) is 18.9. The maximum absolute atomic E-state index is 12.2. The first-order valence-electron chi connectivity index (χ1n) is 8.83. The zero-order valence-electron chi connectivity index (χ0n) is 15.2. The summed E-state index contributed by atoms with van der Waals surface area (Å²) in [4.78, 5) is 26.0. The van der Waals surface area contributed by atoms with Gasteiger partial charge in [-0.15, -0.1) is 5.10 Å². The van der Waals surface area contributed by atoms with E-state index < -0.39 is 23.6 Å². The lowest BCUT2D eigenvalue weighted by Gasteiger charge is -2.15. The lowest BCUT2D eigenvalue weighted by Crippen LogP contribution is -2.33. The molecule has 9 nitrogen and oxygen atoms in total. The molecule has 1 fully saturated rings. The molecule has 1 aliphatic heterocycles. The van der Waals surface area contributed by atoms with Crippen LogP contribution in [-0.2, 0) is 4.74 Å². The Bertz CT molecular complexity index is 1170. The number of nitrogens with zero attached hydrogens (tertiary/aromatic N) is 4. The van der Waals surface area contributed by atoms with Crippen LogP contribution in [0.4, 0.5) is 0 Å². The second kappa shape index (κ2) is 7.75. The highest BCUT2D eigenvalue weighted by molar-refractivity contribution is 6.42. The van der Waals surface area contributed by atoms with Crippen LogP contribution in [-0.4, -0.2) is 42.4 Å². The van der Waals surface area contributed by atoms with E-state index >= 15 is 0 Å². The molecule has 0 unspecified atom stereocenters. The summed E-state index contributed by atoms with van der Waals surface area (Å²) in [5.41, 5.74) is 0.704. The van der Waals surface area contributed by atoms with Crippen molar-refractivity contribution in [1.29, 1.82) is 0 Å². The van der Waals surface area contributed by atoms with Crippen LogP contribution in [0.1, 0.15) is 24.3 Å². The largest absolute Gasteiger partial charge is 0.394 e. The Labute approximate surface area is 174 Å². The second-order valence-electron chi connectivity index (χ2n) is 6.81. The predicted molar refractivity (Wildman–Crippen MR) is 106 cm³/mol. The van der Waals surface area contributed by atoms with Gasteiger partial charge in [0.2, 0.25) is 0 Å². The van der Waals surface area contributed by atoms with E-state index in [0.29, 0.717) is 27.7 Å². The lowest BCUT2D eigenvalue weighted by atomic mass is 10.1. The SMILES string of the molecule is Cc1cn([C@H]2C[C@H](n3cc(-c4ccc(Cl)c(Cl)c4)nn3)[C@@H](CO)O2)c(=O)[nH]c1=O. The Morgan fingerprint density at radius 3 is 2.79 bits per heavy atom. The highest BCUT2D eigenvalue weighted by Crippen LogP contribution is 2.36. The summed E-state index contributed by atoms with van der Waals surface area (Å²) in [6.07, 6.45) is 2.28. The predicted octanol–water partition coefficient (Wildman–Crippen LogP) is 1.93. The fourth-order valence-electron chi connectivity index (χ4n) is 3.36. The van der Waals surface area contributed by atoms with Gasteiger partial charge < -0.3 is 9.84 Å². The van der Waals surface area contributed by atoms with Crippen molar-refractivity contribution in [2.24, 2.45) is 0 Å². The topological polar surface area (TPSA) is 115 Å². The second-order valence-corrected chi connectivity index (χ2v) is 7.62. The number of aliphatic hydroxyl groups is 1. The maximum Gasteiger partial charge on any atom is 0.330 e. The van der Waals surface area contributed by atoms with Crippen molar-refractivity contribution >= 4 is 23.2 Å². The Hall–Kier alpha value is -2.46. The number of halogens is 2. The van der Waals surface area contributed by atoms with Crippen molar-refractivity contribution in [1.82, 2.24) is 24.5 Å². The number of rotatable bonds is 4. The molecule has 0 saturated carbocycles. The molecule has 29 heavy (non-hydrogen) atoms. The number of aromatic nitrogens is 5. The van der Waals surface area contributed by atoms with Crippen LogP contribution in [0.5, 0.6) is 0 Å². The third-order valence-electron chi connectivity index (χ3n) is 4.91. The fourth-order valence-corrected chi connectivity index (χ4v) is 3.65. The summed E-state index contributed by atoms with van der Waals surface area (Å²) < 4.78 is 8.77. The molecular formula is C18H17Cl2N5O4. The van der Waals surface area contributed by atoms with Crippen LogP contribution in [0.3, 0.4) is 0 Å². The van der Waals surface area contributed by atoms with Crippen molar-refractivity contribution in [2.75, 3.05) is 6.61 Å². The molecule has 1 saturated heterocycles. The van der Waals surface area contributed by atoms with Gasteiger partial charge in [-0.05, 0) is 19.1 Å². The summed E-state index contributed by atoms with van der Waals surface area (Å²) >= 11 is 12.0. The van der Waals surface area contributed by atoms with Gasteiger partial charge in [0, 0.05) is 23.7 Å². The van der Waals surface area contributed by atoms with Gasteiger partial charge in [0.05, 0.1) is 28.9 Å². The molecule has 0 bridgehead atoms. The van der Waals surface area contributed by atoms with Crippen LogP contribution in [0.25, 0.3) is 11.3 Å². The number of nitrogens with one attached hydrogen (secondary N) is 1. The molecule has 2 N–H and O–H groups in total. The van der Waals surface area contributed by atoms with E-state index in [9.17, 15) is 14.7 Å². The molecule has 11 heteroatoms. The van der Waals surface area contributed by atoms with Crippen LogP contribution < -0.4 is 11.2 Å². The quantitative estimate of drug-likeness (QED) is 0.644. The molecule has 0 radical (unpaired) electrons. The third kappa shape index (κ3) is 3.74. The molecule has 4 rings (SSSR count). The van der Waals surface area contributed by atoms with Crippen molar-refractivity contribution in [3.05, 3.63) is 67.0 Å². The van der Waals surface area contributed by atoms with Gasteiger partial charge in [-0.1, -0.05) is 34.5 Å². The summed E-state index contributed by atoms with van der Waals surface area (Å²) in [6.45, 7) is 1.34. The van der Waals surface area contributed by atoms with Crippen LogP contribution in [0.2, 0.25) is 10.0 Å². The molecule has 1 aliphatic rings. The first kappa shape index (κ1) is 19.8. The number of hydrogen-bond acceptors (Lipinski definition) is 6. The number of hydrogen-bond donors (Lipinski definition) is 2. The van der Waals surface area contributed by atoms with Crippen molar-refractivity contribution in [3.63, 3.8) is 0 Å². The maximum atomic E-state index is 12.2. The van der Waals surface area contributed by atoms with Gasteiger partial charge in [0.15, 0.2) is 0 Å². The molecule has 3 atom stereocenters. The molecule has 3 aromatic rings. The number of benzene rings is 1. The van der Waals surface area contributed by atoms with E-state index in [1.165, 1.54) is 10.8 Å². The average Bonchev–Trinajstić information content (AvgIpc) is 3.33. The number of H-pyrrole nitrogens is 1. The van der Waals surface area contributed by atoms with Gasteiger partial charge in [0.25, 0.3) is 5.56 Å². The standard InChI is InChI=1S/C18H17Cl2N5O4/c1-9-6-24(18(28)21-17(9)27)16-5-14(15(8-26)29-16)25-7-13(22-23-25)10-2-3-11(19)12(20)4-10/h2-4,6-7,14-16,26H,5,8H2,1H3,(H,21,27,28)/t14-,15+,16+/m0/s1. The minimum atomic E-state index is -0.655. The fraction of sp³-hybridized carbons (Fsp3) is 0.333. The monoisotopic (exact) mass is 437 g/mol. The Morgan fingerprint density at radius 2 is 2.07 bits per heavy atom. The number of aliphatic hydroxyl groups excluding tert-OH is 1. The molecule has 1 aromatic carbocycles. The van der Waals surface area contributed by atoms with Crippen molar-refractivity contribution in [3.8, 4) is 11.3 Å². The summed E-state index contributed by atoms with van der Waals surface area (Å²) in [6, 6.07) is 4.79. The zero-order chi connectivity index (χ0) is 20.7. The highest BCUT2D eigenvalue weighted by Gasteiger charge is 2.38. The normalized spacial score (nSPS) is 21.6. The van der Waals surface area contributed by atoms with Gasteiger partial charge in [0.1, 0.15) is 18.0 Å². The van der Waals surface area contributed by atoms with Crippen molar-refractivity contribution < 1.29 is 9.84 Å².